The van der Waals surface area contributed by atoms with E-state index in [1.807, 2.05) is 43.3 Å². The maximum absolute atomic E-state index is 6.72. The fourth-order valence-corrected chi connectivity index (χ4v) is 5.54. The van der Waals surface area contributed by atoms with Crippen LogP contribution in [0, 0.1) is 0 Å². The number of benzene rings is 2. The summed E-state index contributed by atoms with van der Waals surface area (Å²) < 4.78 is 32.8. The smallest absolute Gasteiger partial charge is 0.195 e. The Bertz CT molecular complexity index is 929. The molecule has 0 saturated carbocycles. The molecule has 2 fully saturated rings. The molecule has 2 bridgehead atoms. The van der Waals surface area contributed by atoms with Crippen LogP contribution in [0.25, 0.3) is 0 Å². The van der Waals surface area contributed by atoms with Gasteiger partial charge in [0.15, 0.2) is 14.1 Å². The summed E-state index contributed by atoms with van der Waals surface area (Å²) in [4.78, 5) is 0. The predicted molar refractivity (Wildman–Crippen MR) is 136 cm³/mol. The van der Waals surface area contributed by atoms with Gasteiger partial charge in [-0.25, -0.2) is 0 Å². The van der Waals surface area contributed by atoms with Crippen molar-refractivity contribution in [3.05, 3.63) is 71.8 Å². The molecular formula is C28H40O5Si. The second kappa shape index (κ2) is 9.84. The van der Waals surface area contributed by atoms with E-state index in [2.05, 4.69) is 58.1 Å². The molecule has 2 aromatic carbocycles. The largest absolute Gasteiger partial charge is 0.414 e. The molecule has 6 heteroatoms. The van der Waals surface area contributed by atoms with E-state index in [0.29, 0.717) is 32.8 Å². The van der Waals surface area contributed by atoms with E-state index in [-0.39, 0.29) is 17.2 Å². The summed E-state index contributed by atoms with van der Waals surface area (Å²) in [5.74, 6) is -0.884. The number of ether oxygens (including phenoxy) is 4. The standard InChI is InChI=1S/C28H40O5Si/c1-26(2,3)34(5,6)32-21-28-17-18-31-27(4,33-28)24(29-19-22-13-9-7-10-14-22)25(28)30-20-23-15-11-8-12-16-23/h7-16,24-25H,17-21H2,1-6H3/t24-,25-,27+,28-/m1/s1. The Morgan fingerprint density at radius 2 is 1.41 bits per heavy atom. The quantitative estimate of drug-likeness (QED) is 0.403. The zero-order valence-electron chi connectivity index (χ0n) is 21.5. The van der Waals surface area contributed by atoms with Crippen LogP contribution in [0.5, 0.6) is 0 Å². The minimum Gasteiger partial charge on any atom is -0.414 e. The number of fused-ring (bicyclic) bond motifs is 2. The molecule has 0 spiro atoms. The molecule has 4 atom stereocenters. The van der Waals surface area contributed by atoms with Crippen LogP contribution in [-0.2, 0) is 36.6 Å². The van der Waals surface area contributed by atoms with E-state index in [9.17, 15) is 0 Å². The van der Waals surface area contributed by atoms with Crippen molar-refractivity contribution in [2.24, 2.45) is 0 Å². The van der Waals surface area contributed by atoms with Gasteiger partial charge in [-0.3, -0.25) is 0 Å². The molecule has 0 amide bonds. The Labute approximate surface area is 205 Å². The van der Waals surface area contributed by atoms with Gasteiger partial charge in [-0.15, -0.1) is 0 Å². The van der Waals surface area contributed by atoms with Gasteiger partial charge in [0.25, 0.3) is 0 Å². The molecule has 0 radical (unpaired) electrons. The summed E-state index contributed by atoms with van der Waals surface area (Å²) in [6.07, 6.45) is 0.0256. The second-order valence-corrected chi connectivity index (χ2v) is 16.1. The maximum Gasteiger partial charge on any atom is 0.195 e. The molecule has 2 heterocycles. The SMILES string of the molecule is CC(C)(C)[Si](C)(C)OC[C@@]12CCO[C@@](C)(O1)[C@H](OCc1ccccc1)[C@H]2OCc1ccccc1. The van der Waals surface area contributed by atoms with Crippen molar-refractivity contribution in [1.29, 1.82) is 0 Å². The lowest BCUT2D eigenvalue weighted by Crippen LogP contribution is -2.53. The lowest BCUT2D eigenvalue weighted by molar-refractivity contribution is -0.308. The van der Waals surface area contributed by atoms with Gasteiger partial charge in [-0.2, -0.15) is 0 Å². The summed E-state index contributed by atoms with van der Waals surface area (Å²) in [5, 5.41) is 0.111. The zero-order valence-corrected chi connectivity index (χ0v) is 22.5. The van der Waals surface area contributed by atoms with Crippen molar-refractivity contribution in [1.82, 2.24) is 0 Å². The van der Waals surface area contributed by atoms with Gasteiger partial charge < -0.3 is 23.4 Å². The molecule has 0 N–H and O–H groups in total. The molecule has 2 saturated heterocycles. The number of hydrogen-bond donors (Lipinski definition) is 0. The third-order valence-electron chi connectivity index (χ3n) is 7.66. The molecule has 186 valence electrons. The van der Waals surface area contributed by atoms with Crippen LogP contribution < -0.4 is 0 Å². The lowest BCUT2D eigenvalue weighted by Gasteiger charge is -2.43. The van der Waals surface area contributed by atoms with Crippen molar-refractivity contribution < 1.29 is 23.4 Å². The van der Waals surface area contributed by atoms with Gasteiger partial charge in [0.1, 0.15) is 17.8 Å². The Hall–Kier alpha value is -1.54. The first kappa shape index (κ1) is 25.5. The zero-order chi connectivity index (χ0) is 24.5. The van der Waals surface area contributed by atoms with Crippen LogP contribution in [-0.4, -0.2) is 45.1 Å². The summed E-state index contributed by atoms with van der Waals surface area (Å²) in [5.41, 5.74) is 1.62. The van der Waals surface area contributed by atoms with E-state index >= 15 is 0 Å². The van der Waals surface area contributed by atoms with Gasteiger partial charge in [0.05, 0.1) is 26.4 Å². The van der Waals surface area contributed by atoms with E-state index in [0.717, 1.165) is 11.1 Å². The number of hydrogen-bond acceptors (Lipinski definition) is 5. The van der Waals surface area contributed by atoms with Crippen LogP contribution in [0.4, 0.5) is 0 Å². The highest BCUT2D eigenvalue weighted by Crippen LogP contribution is 2.49. The highest BCUT2D eigenvalue weighted by molar-refractivity contribution is 6.74. The van der Waals surface area contributed by atoms with Gasteiger partial charge in [0, 0.05) is 6.42 Å². The van der Waals surface area contributed by atoms with Crippen LogP contribution >= 0.6 is 0 Å². The topological polar surface area (TPSA) is 46.2 Å². The van der Waals surface area contributed by atoms with Crippen molar-refractivity contribution >= 4 is 8.32 Å². The minimum atomic E-state index is -1.98. The minimum absolute atomic E-state index is 0.111. The van der Waals surface area contributed by atoms with Gasteiger partial charge in [-0.1, -0.05) is 81.4 Å². The van der Waals surface area contributed by atoms with Gasteiger partial charge >= 0.3 is 0 Å². The summed E-state index contributed by atoms with van der Waals surface area (Å²) >= 11 is 0. The first-order valence-corrected chi connectivity index (χ1v) is 15.2. The van der Waals surface area contributed by atoms with Crippen molar-refractivity contribution in [3.8, 4) is 0 Å². The third kappa shape index (κ3) is 5.32. The molecule has 2 aliphatic heterocycles. The first-order valence-electron chi connectivity index (χ1n) is 12.3. The van der Waals surface area contributed by atoms with Crippen molar-refractivity contribution in [2.75, 3.05) is 13.2 Å². The molecule has 0 aromatic heterocycles. The summed E-state index contributed by atoms with van der Waals surface area (Å²) in [6.45, 7) is 15.3. The fraction of sp³-hybridized carbons (Fsp3) is 0.571. The van der Waals surface area contributed by atoms with Gasteiger partial charge in [-0.05, 0) is 36.2 Å². The molecular weight excluding hydrogens is 444 g/mol. The summed E-state index contributed by atoms with van der Waals surface area (Å²) in [7, 11) is -1.98. The fourth-order valence-electron chi connectivity index (χ4n) is 4.50. The highest BCUT2D eigenvalue weighted by Gasteiger charge is 2.66. The Kier molecular flexibility index (Phi) is 7.39. The maximum atomic E-state index is 6.72. The van der Waals surface area contributed by atoms with Crippen LogP contribution in [0.2, 0.25) is 18.1 Å². The normalized spacial score (nSPS) is 29.4. The average Bonchev–Trinajstić information content (AvgIpc) is 2.96. The monoisotopic (exact) mass is 484 g/mol. The Balaban J connectivity index is 1.59. The predicted octanol–water partition coefficient (Wildman–Crippen LogP) is 6.08. The first-order chi connectivity index (χ1) is 16.0. The van der Waals surface area contributed by atoms with Gasteiger partial charge in [0.2, 0.25) is 0 Å². The molecule has 2 aromatic rings. The Morgan fingerprint density at radius 1 is 0.882 bits per heavy atom. The molecule has 0 aliphatic carbocycles. The molecule has 4 rings (SSSR count). The highest BCUT2D eigenvalue weighted by atomic mass is 28.4. The van der Waals surface area contributed by atoms with E-state index in [1.165, 1.54) is 0 Å². The Morgan fingerprint density at radius 3 is 1.94 bits per heavy atom. The van der Waals surface area contributed by atoms with Crippen molar-refractivity contribution in [2.45, 2.75) is 89.1 Å². The second-order valence-electron chi connectivity index (χ2n) is 11.3. The van der Waals surface area contributed by atoms with Crippen LogP contribution in [0.15, 0.2) is 60.7 Å². The van der Waals surface area contributed by atoms with Crippen LogP contribution in [0.3, 0.4) is 0 Å². The van der Waals surface area contributed by atoms with E-state index < -0.39 is 19.7 Å². The molecule has 0 unspecified atom stereocenters. The lowest BCUT2D eigenvalue weighted by atomic mass is 9.92. The van der Waals surface area contributed by atoms with Crippen molar-refractivity contribution in [3.63, 3.8) is 0 Å². The molecule has 2 aliphatic rings. The molecule has 34 heavy (non-hydrogen) atoms. The van der Waals surface area contributed by atoms with E-state index in [4.69, 9.17) is 23.4 Å². The summed E-state index contributed by atoms with van der Waals surface area (Å²) in [6, 6.07) is 20.5. The third-order valence-corrected chi connectivity index (χ3v) is 12.1. The molecule has 5 nitrogen and oxygen atoms in total. The van der Waals surface area contributed by atoms with Crippen LogP contribution in [0.1, 0.15) is 45.2 Å². The number of rotatable bonds is 9. The average molecular weight is 485 g/mol. The van der Waals surface area contributed by atoms with E-state index in [1.54, 1.807) is 0 Å².